The molecule has 1 aromatic heterocycles. The van der Waals surface area contributed by atoms with Gasteiger partial charge in [0.05, 0.1) is 13.1 Å². The molecule has 1 fully saturated rings. The van der Waals surface area contributed by atoms with Crippen molar-refractivity contribution in [1.29, 1.82) is 0 Å². The van der Waals surface area contributed by atoms with Gasteiger partial charge in [-0.15, -0.1) is 24.0 Å². The van der Waals surface area contributed by atoms with Crippen LogP contribution in [0.15, 0.2) is 29.3 Å². The predicted molar refractivity (Wildman–Crippen MR) is 129 cm³/mol. The van der Waals surface area contributed by atoms with Gasteiger partial charge in [-0.1, -0.05) is 24.3 Å². The minimum Gasteiger partial charge on any atom is -0.377 e. The fraction of sp³-hybridized carbons (Fsp3) is 0.591. The number of ether oxygens (including phenoxy) is 1. The van der Waals surface area contributed by atoms with Crippen LogP contribution in [-0.4, -0.2) is 47.0 Å². The minimum absolute atomic E-state index is 0. The number of aryl methyl sites for hydroxylation is 2. The summed E-state index contributed by atoms with van der Waals surface area (Å²) in [7, 11) is 1.67. The van der Waals surface area contributed by atoms with Crippen LogP contribution in [0.2, 0.25) is 0 Å². The van der Waals surface area contributed by atoms with Crippen LogP contribution in [0.5, 0.6) is 0 Å². The van der Waals surface area contributed by atoms with E-state index in [1.54, 1.807) is 7.11 Å². The smallest absolute Gasteiger partial charge is 0.191 e. The lowest BCUT2D eigenvalue weighted by Gasteiger charge is -2.26. The zero-order chi connectivity index (χ0) is 20.3. The van der Waals surface area contributed by atoms with Gasteiger partial charge in [-0.25, -0.2) is 9.67 Å². The van der Waals surface area contributed by atoms with Crippen molar-refractivity contribution >= 4 is 29.9 Å². The molecule has 0 radical (unpaired) electrons. The Bertz CT molecular complexity index is 876. The lowest BCUT2D eigenvalue weighted by Crippen LogP contribution is -2.47. The van der Waals surface area contributed by atoms with E-state index in [2.05, 4.69) is 58.8 Å². The molecule has 0 amide bonds. The molecular formula is C22H33IN6O. The Kier molecular flexibility index (Phi) is 7.73. The summed E-state index contributed by atoms with van der Waals surface area (Å²) in [6, 6.07) is 9.03. The average Bonchev–Trinajstić information content (AvgIpc) is 3.39. The predicted octanol–water partition coefficient (Wildman–Crippen LogP) is 2.95. The quantitative estimate of drug-likeness (QED) is 0.331. The van der Waals surface area contributed by atoms with Gasteiger partial charge >= 0.3 is 0 Å². The molecule has 2 N–H and O–H groups in total. The molecule has 1 unspecified atom stereocenters. The third-order valence-electron chi connectivity index (χ3n) is 5.97. The second-order valence-corrected chi connectivity index (χ2v) is 8.23. The third-order valence-corrected chi connectivity index (χ3v) is 5.97. The standard InChI is InChI=1S/C22H32N6O.HI/c1-4-23-21(24-15-22(11-12-22)18-8-6-5-7-16(18)2)25-17-9-10-20-26-19(14-29-3)27-28(20)13-17;/h5-8,17H,4,9-15H2,1-3H3,(H2,23,24,25);1H. The maximum Gasteiger partial charge on any atom is 0.191 e. The molecule has 8 heteroatoms. The van der Waals surface area contributed by atoms with Crippen LogP contribution in [0.25, 0.3) is 0 Å². The molecule has 1 aliphatic carbocycles. The van der Waals surface area contributed by atoms with Crippen molar-refractivity contribution in [1.82, 2.24) is 25.4 Å². The molecular weight excluding hydrogens is 491 g/mol. The molecule has 1 aromatic carbocycles. The normalized spacial score (nSPS) is 19.6. The van der Waals surface area contributed by atoms with Crippen molar-refractivity contribution < 1.29 is 4.74 Å². The summed E-state index contributed by atoms with van der Waals surface area (Å²) in [4.78, 5) is 9.54. The molecule has 0 bridgehead atoms. The summed E-state index contributed by atoms with van der Waals surface area (Å²) in [6.45, 7) is 7.26. The van der Waals surface area contributed by atoms with Crippen molar-refractivity contribution in [3.8, 4) is 0 Å². The van der Waals surface area contributed by atoms with Crippen LogP contribution in [0.3, 0.4) is 0 Å². The van der Waals surface area contributed by atoms with E-state index in [-0.39, 0.29) is 29.4 Å². The summed E-state index contributed by atoms with van der Waals surface area (Å²) < 4.78 is 7.17. The van der Waals surface area contributed by atoms with Crippen LogP contribution in [-0.2, 0) is 29.7 Å². The van der Waals surface area contributed by atoms with Crippen molar-refractivity contribution in [3.05, 3.63) is 47.0 Å². The average molecular weight is 524 g/mol. The Labute approximate surface area is 196 Å². The molecule has 2 aliphatic rings. The number of hydrogen-bond donors (Lipinski definition) is 2. The Balaban J connectivity index is 0.00000256. The molecule has 164 valence electrons. The minimum atomic E-state index is 0. The van der Waals surface area contributed by atoms with Gasteiger partial charge in [-0.2, -0.15) is 5.10 Å². The first kappa shape index (κ1) is 23.0. The van der Waals surface area contributed by atoms with E-state index in [0.29, 0.717) is 12.6 Å². The van der Waals surface area contributed by atoms with E-state index in [0.717, 1.165) is 50.1 Å². The number of nitrogens with zero attached hydrogens (tertiary/aromatic N) is 4. The number of aliphatic imine (C=N–C) groups is 1. The Morgan fingerprint density at radius 2 is 2.13 bits per heavy atom. The van der Waals surface area contributed by atoms with E-state index in [1.807, 2.05) is 4.68 Å². The van der Waals surface area contributed by atoms with Crippen LogP contribution < -0.4 is 10.6 Å². The summed E-state index contributed by atoms with van der Waals surface area (Å²) in [6.07, 6.45) is 4.38. The zero-order valence-electron chi connectivity index (χ0n) is 18.1. The highest BCUT2D eigenvalue weighted by Crippen LogP contribution is 2.49. The number of benzene rings is 1. The number of nitrogens with one attached hydrogen (secondary N) is 2. The lowest BCUT2D eigenvalue weighted by atomic mass is 9.92. The molecule has 1 aliphatic heterocycles. The fourth-order valence-corrected chi connectivity index (χ4v) is 4.24. The van der Waals surface area contributed by atoms with E-state index >= 15 is 0 Å². The van der Waals surface area contributed by atoms with Gasteiger partial charge in [0.25, 0.3) is 0 Å². The van der Waals surface area contributed by atoms with Crippen LogP contribution in [0.4, 0.5) is 0 Å². The maximum atomic E-state index is 5.16. The number of rotatable bonds is 7. The summed E-state index contributed by atoms with van der Waals surface area (Å²) in [5.74, 6) is 2.71. The van der Waals surface area contributed by atoms with Crippen LogP contribution in [0, 0.1) is 6.92 Å². The first-order valence-electron chi connectivity index (χ1n) is 10.7. The highest BCUT2D eigenvalue weighted by Gasteiger charge is 2.44. The molecule has 2 aromatic rings. The zero-order valence-corrected chi connectivity index (χ0v) is 20.5. The monoisotopic (exact) mass is 524 g/mol. The number of aromatic nitrogens is 3. The van der Waals surface area contributed by atoms with E-state index < -0.39 is 0 Å². The number of guanidine groups is 1. The van der Waals surface area contributed by atoms with Gasteiger partial charge in [0.1, 0.15) is 12.4 Å². The first-order valence-corrected chi connectivity index (χ1v) is 10.7. The van der Waals surface area contributed by atoms with Crippen LogP contribution >= 0.6 is 24.0 Å². The molecule has 1 saturated carbocycles. The maximum absolute atomic E-state index is 5.16. The van der Waals surface area contributed by atoms with Crippen molar-refractivity contribution in [3.63, 3.8) is 0 Å². The first-order chi connectivity index (χ1) is 14.1. The van der Waals surface area contributed by atoms with Crippen molar-refractivity contribution in [2.24, 2.45) is 4.99 Å². The van der Waals surface area contributed by atoms with Gasteiger partial charge in [0.2, 0.25) is 0 Å². The molecule has 4 rings (SSSR count). The van der Waals surface area contributed by atoms with E-state index in [9.17, 15) is 0 Å². The SMILES string of the molecule is CCNC(=NCC1(c2ccccc2C)CC1)NC1CCc2nc(COC)nn2C1.I. The summed E-state index contributed by atoms with van der Waals surface area (Å²) in [5.41, 5.74) is 3.04. The van der Waals surface area contributed by atoms with Crippen LogP contribution in [0.1, 0.15) is 49.0 Å². The third kappa shape index (κ3) is 5.14. The molecule has 0 spiro atoms. The lowest BCUT2D eigenvalue weighted by molar-refractivity contribution is 0.177. The van der Waals surface area contributed by atoms with Gasteiger partial charge in [0, 0.05) is 31.5 Å². The Morgan fingerprint density at radius 1 is 1.33 bits per heavy atom. The summed E-state index contributed by atoms with van der Waals surface area (Å²) >= 11 is 0. The molecule has 0 saturated heterocycles. The van der Waals surface area contributed by atoms with Crippen molar-refractivity contribution in [2.75, 3.05) is 20.2 Å². The Morgan fingerprint density at radius 3 is 2.83 bits per heavy atom. The summed E-state index contributed by atoms with van der Waals surface area (Å²) in [5, 5.41) is 11.6. The molecule has 2 heterocycles. The van der Waals surface area contributed by atoms with E-state index in [1.165, 1.54) is 24.0 Å². The number of fused-ring (bicyclic) bond motifs is 1. The molecule has 1 atom stereocenters. The molecule has 30 heavy (non-hydrogen) atoms. The number of halogens is 1. The van der Waals surface area contributed by atoms with Crippen molar-refractivity contribution in [2.45, 2.75) is 64.1 Å². The molecule has 7 nitrogen and oxygen atoms in total. The fourth-order valence-electron chi connectivity index (χ4n) is 4.24. The van der Waals surface area contributed by atoms with Gasteiger partial charge in [-0.3, -0.25) is 4.99 Å². The van der Waals surface area contributed by atoms with Gasteiger partial charge in [-0.05, 0) is 44.2 Å². The second kappa shape index (κ2) is 10.1. The number of hydrogen-bond acceptors (Lipinski definition) is 4. The number of methoxy groups -OCH3 is 1. The highest BCUT2D eigenvalue weighted by molar-refractivity contribution is 14.0. The Hall–Kier alpha value is -1.68. The topological polar surface area (TPSA) is 76.4 Å². The largest absolute Gasteiger partial charge is 0.377 e. The van der Waals surface area contributed by atoms with Gasteiger partial charge in [0.15, 0.2) is 11.8 Å². The van der Waals surface area contributed by atoms with E-state index in [4.69, 9.17) is 9.73 Å². The second-order valence-electron chi connectivity index (χ2n) is 8.23. The van der Waals surface area contributed by atoms with Gasteiger partial charge < -0.3 is 15.4 Å². The highest BCUT2D eigenvalue weighted by atomic mass is 127.